The Morgan fingerprint density at radius 3 is 2.45 bits per heavy atom. The Hall–Kier alpha value is -3.11. The fourth-order valence-corrected chi connectivity index (χ4v) is 3.02. The van der Waals surface area contributed by atoms with Crippen molar-refractivity contribution in [2.75, 3.05) is 0 Å². The van der Waals surface area contributed by atoms with Gasteiger partial charge in [0.05, 0.1) is 5.02 Å². The molecule has 5 heteroatoms. The molecule has 2 aromatic carbocycles. The van der Waals surface area contributed by atoms with E-state index in [2.05, 4.69) is 41.5 Å². The SMILES string of the molecule is CC(=O)N[C@@H](C)/C=C/c1ccc(Oc2ccc(-c3ccc(C)cc3)cc2Cl)nc1. The average Bonchev–Trinajstić information content (AvgIpc) is 2.69. The van der Waals surface area contributed by atoms with Crippen LogP contribution in [0.2, 0.25) is 5.02 Å². The summed E-state index contributed by atoms with van der Waals surface area (Å²) in [4.78, 5) is 15.4. The normalized spacial score (nSPS) is 12.0. The number of rotatable bonds is 6. The molecule has 0 fully saturated rings. The van der Waals surface area contributed by atoms with Gasteiger partial charge in [0, 0.05) is 25.2 Å². The third-order valence-corrected chi connectivity index (χ3v) is 4.59. The van der Waals surface area contributed by atoms with Gasteiger partial charge in [0.2, 0.25) is 11.8 Å². The van der Waals surface area contributed by atoms with Crippen LogP contribution in [-0.4, -0.2) is 16.9 Å². The third-order valence-electron chi connectivity index (χ3n) is 4.30. The van der Waals surface area contributed by atoms with Crippen molar-refractivity contribution in [2.24, 2.45) is 0 Å². The van der Waals surface area contributed by atoms with Gasteiger partial charge in [-0.1, -0.05) is 59.6 Å². The van der Waals surface area contributed by atoms with Crippen LogP contribution in [0, 0.1) is 6.92 Å². The van der Waals surface area contributed by atoms with Crippen molar-refractivity contribution in [1.82, 2.24) is 10.3 Å². The van der Waals surface area contributed by atoms with Gasteiger partial charge in [-0.25, -0.2) is 4.98 Å². The number of pyridine rings is 1. The largest absolute Gasteiger partial charge is 0.437 e. The minimum Gasteiger partial charge on any atom is -0.437 e. The molecule has 148 valence electrons. The van der Waals surface area contributed by atoms with Crippen LogP contribution in [0.4, 0.5) is 0 Å². The molecule has 4 nitrogen and oxygen atoms in total. The van der Waals surface area contributed by atoms with Gasteiger partial charge in [0.25, 0.3) is 0 Å². The maximum absolute atomic E-state index is 11.0. The lowest BCUT2D eigenvalue weighted by atomic mass is 10.0. The molecule has 29 heavy (non-hydrogen) atoms. The van der Waals surface area contributed by atoms with Crippen LogP contribution in [0.25, 0.3) is 17.2 Å². The minimum atomic E-state index is -0.0608. The molecule has 0 radical (unpaired) electrons. The molecule has 0 saturated carbocycles. The van der Waals surface area contributed by atoms with Crippen LogP contribution in [0.5, 0.6) is 11.6 Å². The van der Waals surface area contributed by atoms with Crippen LogP contribution in [0.15, 0.2) is 66.9 Å². The lowest BCUT2D eigenvalue weighted by Gasteiger charge is -2.09. The fraction of sp³-hybridized carbons (Fsp3) is 0.167. The molecule has 0 unspecified atom stereocenters. The molecule has 1 heterocycles. The highest BCUT2D eigenvalue weighted by atomic mass is 35.5. The summed E-state index contributed by atoms with van der Waals surface area (Å²) < 4.78 is 5.83. The van der Waals surface area contributed by atoms with Gasteiger partial charge in [-0.05, 0) is 48.7 Å². The minimum absolute atomic E-state index is 0.0470. The van der Waals surface area contributed by atoms with Crippen molar-refractivity contribution in [1.29, 1.82) is 0 Å². The smallest absolute Gasteiger partial charge is 0.219 e. The van der Waals surface area contributed by atoms with E-state index in [0.29, 0.717) is 16.7 Å². The molecule has 0 aliphatic carbocycles. The number of carbonyl (C=O) groups is 1. The van der Waals surface area contributed by atoms with Crippen LogP contribution in [-0.2, 0) is 4.79 Å². The number of nitrogens with zero attached hydrogens (tertiary/aromatic N) is 1. The zero-order valence-corrected chi connectivity index (χ0v) is 17.4. The molecule has 0 saturated heterocycles. The van der Waals surface area contributed by atoms with Crippen LogP contribution >= 0.6 is 11.6 Å². The molecule has 1 atom stereocenters. The Morgan fingerprint density at radius 2 is 1.83 bits per heavy atom. The summed E-state index contributed by atoms with van der Waals surface area (Å²) in [6.45, 7) is 5.47. The summed E-state index contributed by atoms with van der Waals surface area (Å²) in [5.41, 5.74) is 4.26. The number of aromatic nitrogens is 1. The molecule has 3 aromatic rings. The van der Waals surface area contributed by atoms with E-state index in [4.69, 9.17) is 16.3 Å². The third kappa shape index (κ3) is 5.93. The topological polar surface area (TPSA) is 51.2 Å². The maximum Gasteiger partial charge on any atom is 0.219 e. The average molecular weight is 407 g/mol. The zero-order chi connectivity index (χ0) is 20.8. The van der Waals surface area contributed by atoms with Crippen LogP contribution in [0.3, 0.4) is 0 Å². The number of hydrogen-bond donors (Lipinski definition) is 1. The lowest BCUT2D eigenvalue weighted by molar-refractivity contribution is -0.119. The first-order valence-corrected chi connectivity index (χ1v) is 9.74. The van der Waals surface area contributed by atoms with Gasteiger partial charge < -0.3 is 10.1 Å². The summed E-state index contributed by atoms with van der Waals surface area (Å²) in [7, 11) is 0. The summed E-state index contributed by atoms with van der Waals surface area (Å²) in [6, 6.07) is 17.6. The highest BCUT2D eigenvalue weighted by molar-refractivity contribution is 6.32. The lowest BCUT2D eigenvalue weighted by Crippen LogP contribution is -2.28. The van der Waals surface area contributed by atoms with E-state index in [1.807, 2.05) is 43.3 Å². The highest BCUT2D eigenvalue weighted by Gasteiger charge is 2.07. The Bertz CT molecular complexity index is 1010. The summed E-state index contributed by atoms with van der Waals surface area (Å²) in [5, 5.41) is 3.32. The van der Waals surface area contributed by atoms with Crippen molar-refractivity contribution < 1.29 is 9.53 Å². The summed E-state index contributed by atoms with van der Waals surface area (Å²) >= 11 is 6.42. The standard InChI is InChI=1S/C24H23ClN2O2/c1-16-4-9-20(10-5-16)21-11-12-23(22(25)14-21)29-24-13-8-19(15-26-24)7-6-17(2)27-18(3)28/h4-15,17H,1-3H3,(H,27,28)/b7-6+/t17-/m0/s1. The van der Waals surface area contributed by atoms with Gasteiger partial charge >= 0.3 is 0 Å². The molecule has 1 amide bonds. The fourth-order valence-electron chi connectivity index (χ4n) is 2.80. The molecule has 0 aliphatic heterocycles. The number of halogens is 1. The van der Waals surface area contributed by atoms with E-state index in [1.165, 1.54) is 12.5 Å². The van der Waals surface area contributed by atoms with Crippen molar-refractivity contribution >= 4 is 23.6 Å². The molecule has 1 aromatic heterocycles. The number of carbonyl (C=O) groups excluding carboxylic acids is 1. The second kappa shape index (κ2) is 9.39. The molecule has 1 N–H and O–H groups in total. The van der Waals surface area contributed by atoms with Crippen molar-refractivity contribution in [3.63, 3.8) is 0 Å². The van der Waals surface area contributed by atoms with E-state index < -0.39 is 0 Å². The highest BCUT2D eigenvalue weighted by Crippen LogP contribution is 2.33. The van der Waals surface area contributed by atoms with E-state index in [-0.39, 0.29) is 11.9 Å². The van der Waals surface area contributed by atoms with Crippen molar-refractivity contribution in [2.45, 2.75) is 26.8 Å². The second-order valence-electron chi connectivity index (χ2n) is 6.89. The van der Waals surface area contributed by atoms with Crippen molar-refractivity contribution in [3.8, 4) is 22.8 Å². The number of hydrogen-bond acceptors (Lipinski definition) is 3. The predicted octanol–water partition coefficient (Wildman–Crippen LogP) is 6.04. The zero-order valence-electron chi connectivity index (χ0n) is 16.6. The quantitative estimate of drug-likeness (QED) is 0.542. The molecular weight excluding hydrogens is 384 g/mol. The first-order chi connectivity index (χ1) is 13.9. The number of benzene rings is 2. The summed E-state index contributed by atoms with van der Waals surface area (Å²) in [6.07, 6.45) is 5.52. The van der Waals surface area contributed by atoms with Gasteiger partial charge in [-0.3, -0.25) is 4.79 Å². The van der Waals surface area contributed by atoms with Crippen LogP contribution in [0.1, 0.15) is 25.0 Å². The monoisotopic (exact) mass is 406 g/mol. The molecule has 0 spiro atoms. The Morgan fingerprint density at radius 1 is 1.10 bits per heavy atom. The first kappa shape index (κ1) is 20.6. The van der Waals surface area contributed by atoms with Gasteiger partial charge in [0.15, 0.2) is 0 Å². The van der Waals surface area contributed by atoms with E-state index in [9.17, 15) is 4.79 Å². The molecule has 0 bridgehead atoms. The second-order valence-corrected chi connectivity index (χ2v) is 7.30. The number of ether oxygens (including phenoxy) is 1. The summed E-state index contributed by atoms with van der Waals surface area (Å²) in [5.74, 6) is 0.953. The molecular formula is C24H23ClN2O2. The Kier molecular flexibility index (Phi) is 6.68. The van der Waals surface area contributed by atoms with E-state index in [1.54, 1.807) is 12.3 Å². The van der Waals surface area contributed by atoms with Gasteiger partial charge in [0.1, 0.15) is 5.75 Å². The van der Waals surface area contributed by atoms with Crippen LogP contribution < -0.4 is 10.1 Å². The number of aryl methyl sites for hydroxylation is 1. The van der Waals surface area contributed by atoms with Gasteiger partial charge in [-0.15, -0.1) is 0 Å². The molecule has 3 rings (SSSR count). The van der Waals surface area contributed by atoms with E-state index in [0.717, 1.165) is 16.7 Å². The predicted molar refractivity (Wildman–Crippen MR) is 118 cm³/mol. The van der Waals surface area contributed by atoms with E-state index >= 15 is 0 Å². The molecule has 0 aliphatic rings. The first-order valence-electron chi connectivity index (χ1n) is 9.36. The Labute approximate surface area is 176 Å². The number of amides is 1. The van der Waals surface area contributed by atoms with Gasteiger partial charge in [-0.2, -0.15) is 0 Å². The van der Waals surface area contributed by atoms with Crippen molar-refractivity contribution in [3.05, 3.63) is 83.0 Å². The Balaban J connectivity index is 1.67. The maximum atomic E-state index is 11.0. The number of nitrogens with one attached hydrogen (secondary N) is 1.